The summed E-state index contributed by atoms with van der Waals surface area (Å²) in [6.45, 7) is 3.50. The molecule has 28 heavy (non-hydrogen) atoms. The third-order valence-electron chi connectivity index (χ3n) is 5.58. The van der Waals surface area contributed by atoms with Gasteiger partial charge < -0.3 is 20.9 Å². The highest BCUT2D eigenvalue weighted by Crippen LogP contribution is 2.25. The largest absolute Gasteiger partial charge is 0.368 e. The van der Waals surface area contributed by atoms with Crippen LogP contribution in [-0.4, -0.2) is 55.0 Å². The summed E-state index contributed by atoms with van der Waals surface area (Å²) < 4.78 is 0. The quantitative estimate of drug-likeness (QED) is 0.750. The van der Waals surface area contributed by atoms with E-state index in [0.717, 1.165) is 58.3 Å². The maximum absolute atomic E-state index is 12.4. The SMILES string of the molecule is Cl.Cl.NC1(C(=O)NCCC(=O)N2CCN(c3ccccc3)CC2)CCCCC1. The van der Waals surface area contributed by atoms with Crippen molar-refractivity contribution in [3.63, 3.8) is 0 Å². The summed E-state index contributed by atoms with van der Waals surface area (Å²) in [7, 11) is 0. The standard InChI is InChI=1S/C20H30N4O2.2ClH/c21-20(10-5-2-6-11-20)19(26)22-12-9-18(25)24-15-13-23(14-16-24)17-7-3-1-4-8-17;;/h1,3-4,7-8H,2,5-6,9-16,21H2,(H,22,26);2*1H. The molecular formula is C20H32Cl2N4O2. The molecule has 0 spiro atoms. The van der Waals surface area contributed by atoms with E-state index in [1.807, 2.05) is 23.1 Å². The van der Waals surface area contributed by atoms with Gasteiger partial charge in [0.15, 0.2) is 0 Å². The molecule has 0 atom stereocenters. The van der Waals surface area contributed by atoms with E-state index >= 15 is 0 Å². The Hall–Kier alpha value is -1.50. The number of carbonyl (C=O) groups is 2. The Morgan fingerprint density at radius 3 is 2.18 bits per heavy atom. The predicted molar refractivity (Wildman–Crippen MR) is 117 cm³/mol. The first-order valence-corrected chi connectivity index (χ1v) is 9.73. The zero-order valence-electron chi connectivity index (χ0n) is 16.3. The molecule has 1 aliphatic heterocycles. The Bertz CT molecular complexity index is 616. The molecule has 1 heterocycles. The smallest absolute Gasteiger partial charge is 0.240 e. The molecule has 6 nitrogen and oxygen atoms in total. The van der Waals surface area contributed by atoms with Crippen LogP contribution < -0.4 is 16.0 Å². The molecule has 8 heteroatoms. The Balaban J connectivity index is 0.00000196. The monoisotopic (exact) mass is 430 g/mol. The van der Waals surface area contributed by atoms with Crippen molar-refractivity contribution in [1.82, 2.24) is 10.2 Å². The predicted octanol–water partition coefficient (Wildman–Crippen LogP) is 2.35. The summed E-state index contributed by atoms with van der Waals surface area (Å²) in [5, 5.41) is 2.88. The van der Waals surface area contributed by atoms with Gasteiger partial charge in [0.2, 0.25) is 11.8 Å². The van der Waals surface area contributed by atoms with Crippen LogP contribution in [0, 0.1) is 0 Å². The average Bonchev–Trinajstić information content (AvgIpc) is 2.69. The molecule has 3 N–H and O–H groups in total. The fraction of sp³-hybridized carbons (Fsp3) is 0.600. The second-order valence-corrected chi connectivity index (χ2v) is 7.43. The first-order valence-electron chi connectivity index (χ1n) is 9.73. The summed E-state index contributed by atoms with van der Waals surface area (Å²) in [6.07, 6.45) is 5.00. The van der Waals surface area contributed by atoms with Gasteiger partial charge in [-0.15, -0.1) is 24.8 Å². The summed E-state index contributed by atoms with van der Waals surface area (Å²) in [5.74, 6) is 0.00613. The molecule has 1 saturated heterocycles. The van der Waals surface area contributed by atoms with Gasteiger partial charge in [-0.1, -0.05) is 37.5 Å². The van der Waals surface area contributed by atoms with Crippen LogP contribution in [0.25, 0.3) is 0 Å². The molecule has 1 aliphatic carbocycles. The van der Waals surface area contributed by atoms with Gasteiger partial charge in [-0.25, -0.2) is 0 Å². The molecule has 1 saturated carbocycles. The van der Waals surface area contributed by atoms with Crippen molar-refractivity contribution in [3.05, 3.63) is 30.3 Å². The van der Waals surface area contributed by atoms with E-state index in [9.17, 15) is 9.59 Å². The molecule has 1 aromatic carbocycles. The van der Waals surface area contributed by atoms with E-state index < -0.39 is 5.54 Å². The van der Waals surface area contributed by atoms with E-state index in [2.05, 4.69) is 22.3 Å². The third kappa shape index (κ3) is 6.26. The lowest BCUT2D eigenvalue weighted by Gasteiger charge is -2.36. The van der Waals surface area contributed by atoms with Gasteiger partial charge in [0.1, 0.15) is 0 Å². The molecule has 0 aromatic heterocycles. The molecule has 1 aromatic rings. The van der Waals surface area contributed by atoms with Crippen LogP contribution in [0.15, 0.2) is 30.3 Å². The van der Waals surface area contributed by atoms with Crippen molar-refractivity contribution >= 4 is 42.3 Å². The molecule has 2 fully saturated rings. The zero-order valence-corrected chi connectivity index (χ0v) is 17.9. The Kier molecular flexibility index (Phi) is 10.1. The number of amides is 2. The number of carbonyl (C=O) groups excluding carboxylic acids is 2. The molecule has 158 valence electrons. The molecule has 2 aliphatic rings. The maximum Gasteiger partial charge on any atom is 0.240 e. The fourth-order valence-electron chi connectivity index (χ4n) is 3.88. The second-order valence-electron chi connectivity index (χ2n) is 7.43. The van der Waals surface area contributed by atoms with Gasteiger partial charge in [0.25, 0.3) is 0 Å². The first kappa shape index (κ1) is 24.5. The van der Waals surface area contributed by atoms with E-state index in [1.54, 1.807) is 0 Å². The number of nitrogens with one attached hydrogen (secondary N) is 1. The van der Waals surface area contributed by atoms with Crippen LogP contribution >= 0.6 is 24.8 Å². The highest BCUT2D eigenvalue weighted by molar-refractivity contribution is 5.86. The second kappa shape index (κ2) is 11.5. The van der Waals surface area contributed by atoms with Crippen molar-refractivity contribution < 1.29 is 9.59 Å². The van der Waals surface area contributed by atoms with E-state index in [0.29, 0.717) is 13.0 Å². The Labute approximate surface area is 180 Å². The first-order chi connectivity index (χ1) is 12.6. The highest BCUT2D eigenvalue weighted by atomic mass is 35.5. The molecule has 0 unspecified atom stereocenters. The number of anilines is 1. The molecular weight excluding hydrogens is 399 g/mol. The summed E-state index contributed by atoms with van der Waals surface area (Å²) >= 11 is 0. The summed E-state index contributed by atoms with van der Waals surface area (Å²) in [5.41, 5.74) is 6.69. The number of nitrogens with zero attached hydrogens (tertiary/aromatic N) is 2. The average molecular weight is 431 g/mol. The number of nitrogens with two attached hydrogens (primary N) is 1. The summed E-state index contributed by atoms with van der Waals surface area (Å²) in [4.78, 5) is 28.9. The zero-order chi connectivity index (χ0) is 18.4. The number of piperazine rings is 1. The maximum atomic E-state index is 12.4. The van der Waals surface area contributed by atoms with Crippen molar-refractivity contribution in [2.45, 2.75) is 44.1 Å². The van der Waals surface area contributed by atoms with Crippen LogP contribution in [0.5, 0.6) is 0 Å². The number of hydrogen-bond acceptors (Lipinski definition) is 4. The Morgan fingerprint density at radius 2 is 1.57 bits per heavy atom. The molecule has 3 rings (SSSR count). The highest BCUT2D eigenvalue weighted by Gasteiger charge is 2.35. The minimum atomic E-state index is -0.734. The van der Waals surface area contributed by atoms with Crippen molar-refractivity contribution in [2.24, 2.45) is 5.73 Å². The van der Waals surface area contributed by atoms with Crippen molar-refractivity contribution in [3.8, 4) is 0 Å². The number of rotatable bonds is 5. The van der Waals surface area contributed by atoms with Gasteiger partial charge in [0, 0.05) is 44.8 Å². The lowest BCUT2D eigenvalue weighted by atomic mass is 9.82. The number of para-hydroxylation sites is 1. The lowest BCUT2D eigenvalue weighted by Crippen LogP contribution is -2.55. The number of benzene rings is 1. The normalized spacial score (nSPS) is 18.5. The Morgan fingerprint density at radius 1 is 0.964 bits per heavy atom. The lowest BCUT2D eigenvalue weighted by molar-refractivity contribution is -0.131. The van der Waals surface area contributed by atoms with E-state index in [-0.39, 0.29) is 36.6 Å². The van der Waals surface area contributed by atoms with Crippen LogP contribution in [-0.2, 0) is 9.59 Å². The summed E-state index contributed by atoms with van der Waals surface area (Å²) in [6, 6.07) is 10.3. The van der Waals surface area contributed by atoms with Gasteiger partial charge in [-0.2, -0.15) is 0 Å². The van der Waals surface area contributed by atoms with E-state index in [4.69, 9.17) is 5.73 Å². The minimum absolute atomic E-state index is 0. The topological polar surface area (TPSA) is 78.7 Å². The number of halogens is 2. The van der Waals surface area contributed by atoms with Gasteiger partial charge in [0.05, 0.1) is 5.54 Å². The van der Waals surface area contributed by atoms with Crippen LogP contribution in [0.2, 0.25) is 0 Å². The fourth-order valence-corrected chi connectivity index (χ4v) is 3.88. The van der Waals surface area contributed by atoms with Crippen molar-refractivity contribution in [2.75, 3.05) is 37.6 Å². The van der Waals surface area contributed by atoms with Crippen LogP contribution in [0.4, 0.5) is 5.69 Å². The molecule has 0 bridgehead atoms. The molecule has 0 radical (unpaired) electrons. The van der Waals surface area contributed by atoms with Gasteiger partial charge in [-0.05, 0) is 25.0 Å². The molecule has 2 amide bonds. The third-order valence-corrected chi connectivity index (χ3v) is 5.58. The van der Waals surface area contributed by atoms with Crippen LogP contribution in [0.1, 0.15) is 38.5 Å². The van der Waals surface area contributed by atoms with Gasteiger partial charge in [-0.3, -0.25) is 9.59 Å². The van der Waals surface area contributed by atoms with Crippen molar-refractivity contribution in [1.29, 1.82) is 0 Å². The van der Waals surface area contributed by atoms with E-state index in [1.165, 1.54) is 5.69 Å². The number of hydrogen-bond donors (Lipinski definition) is 2. The van der Waals surface area contributed by atoms with Crippen LogP contribution in [0.3, 0.4) is 0 Å². The van der Waals surface area contributed by atoms with Gasteiger partial charge >= 0.3 is 0 Å². The minimum Gasteiger partial charge on any atom is -0.368 e.